The number of hydrogen-bond donors (Lipinski definition) is 2. The Labute approximate surface area is 192 Å². The standard InChI is InChI=1S/C25H26N2O6/c1-4-32-19-10-7-17(8-11-19)16-26-25(29)21(15-20-6-5-13-33-20)27-24(28)18-9-12-22(30-2)23(14-18)31-3/h5-15H,4,16H2,1-3H3,(H,26,29)(H,27,28)/b21-15-. The fraction of sp³-hybridized carbons (Fsp3) is 0.200. The van der Waals surface area contributed by atoms with Crippen molar-refractivity contribution < 1.29 is 28.2 Å². The summed E-state index contributed by atoms with van der Waals surface area (Å²) in [6, 6.07) is 15.5. The van der Waals surface area contributed by atoms with E-state index in [0.29, 0.717) is 29.4 Å². The quantitative estimate of drug-likeness (QED) is 0.456. The third-order valence-corrected chi connectivity index (χ3v) is 4.66. The number of benzene rings is 2. The number of hydrogen-bond acceptors (Lipinski definition) is 6. The number of carbonyl (C=O) groups is 2. The van der Waals surface area contributed by atoms with Crippen LogP contribution in [-0.2, 0) is 11.3 Å². The lowest BCUT2D eigenvalue weighted by molar-refractivity contribution is -0.117. The molecule has 0 spiro atoms. The highest BCUT2D eigenvalue weighted by molar-refractivity contribution is 6.05. The summed E-state index contributed by atoms with van der Waals surface area (Å²) in [4.78, 5) is 25.8. The largest absolute Gasteiger partial charge is 0.494 e. The van der Waals surface area contributed by atoms with Gasteiger partial charge in [0, 0.05) is 18.2 Å². The second-order valence-electron chi connectivity index (χ2n) is 6.86. The topological polar surface area (TPSA) is 99.0 Å². The van der Waals surface area contributed by atoms with Crippen LogP contribution >= 0.6 is 0 Å². The van der Waals surface area contributed by atoms with Crippen LogP contribution in [0.5, 0.6) is 17.2 Å². The van der Waals surface area contributed by atoms with Gasteiger partial charge in [0.15, 0.2) is 11.5 Å². The van der Waals surface area contributed by atoms with Crippen molar-refractivity contribution in [2.45, 2.75) is 13.5 Å². The SMILES string of the molecule is CCOc1ccc(CNC(=O)/C(=C/c2ccco2)NC(=O)c2ccc(OC)c(OC)c2)cc1. The monoisotopic (exact) mass is 450 g/mol. The van der Waals surface area contributed by atoms with Crippen LogP contribution in [0.3, 0.4) is 0 Å². The molecule has 8 nitrogen and oxygen atoms in total. The zero-order valence-corrected chi connectivity index (χ0v) is 18.7. The lowest BCUT2D eigenvalue weighted by Crippen LogP contribution is -2.34. The molecule has 8 heteroatoms. The van der Waals surface area contributed by atoms with Gasteiger partial charge in [-0.25, -0.2) is 0 Å². The van der Waals surface area contributed by atoms with Gasteiger partial charge in [-0.05, 0) is 55.0 Å². The number of furan rings is 1. The van der Waals surface area contributed by atoms with E-state index in [1.807, 2.05) is 31.2 Å². The fourth-order valence-electron chi connectivity index (χ4n) is 2.99. The molecule has 0 aliphatic carbocycles. The predicted octanol–water partition coefficient (Wildman–Crippen LogP) is 3.78. The average Bonchev–Trinajstić information content (AvgIpc) is 3.35. The molecule has 1 aromatic heterocycles. The molecule has 0 fully saturated rings. The first kappa shape index (κ1) is 23.5. The molecule has 0 aliphatic heterocycles. The molecule has 3 rings (SSSR count). The molecule has 0 bridgehead atoms. The third kappa shape index (κ3) is 6.39. The maximum absolute atomic E-state index is 12.9. The minimum absolute atomic E-state index is 0.0377. The van der Waals surface area contributed by atoms with Gasteiger partial charge in [0.2, 0.25) is 0 Å². The molecule has 0 saturated carbocycles. The molecule has 2 aromatic carbocycles. The van der Waals surface area contributed by atoms with E-state index < -0.39 is 11.8 Å². The Morgan fingerprint density at radius 1 is 1.00 bits per heavy atom. The summed E-state index contributed by atoms with van der Waals surface area (Å²) in [6.07, 6.45) is 2.95. The van der Waals surface area contributed by atoms with E-state index in [9.17, 15) is 9.59 Å². The summed E-state index contributed by atoms with van der Waals surface area (Å²) in [7, 11) is 2.99. The van der Waals surface area contributed by atoms with Crippen LogP contribution in [0.25, 0.3) is 6.08 Å². The Hall–Kier alpha value is -4.20. The van der Waals surface area contributed by atoms with Crippen LogP contribution in [0.2, 0.25) is 0 Å². The van der Waals surface area contributed by atoms with Crippen molar-refractivity contribution in [1.29, 1.82) is 0 Å². The first-order chi connectivity index (χ1) is 16.0. The van der Waals surface area contributed by atoms with Crippen molar-refractivity contribution in [3.63, 3.8) is 0 Å². The molecule has 0 saturated heterocycles. The van der Waals surface area contributed by atoms with Crippen LogP contribution < -0.4 is 24.8 Å². The maximum atomic E-state index is 12.9. The zero-order chi connectivity index (χ0) is 23.6. The summed E-state index contributed by atoms with van der Waals surface area (Å²) in [5.74, 6) is 1.14. The first-order valence-electron chi connectivity index (χ1n) is 10.3. The second kappa shape index (κ2) is 11.4. The molecular formula is C25H26N2O6. The van der Waals surface area contributed by atoms with Crippen molar-refractivity contribution in [2.75, 3.05) is 20.8 Å². The van der Waals surface area contributed by atoms with Crippen LogP contribution in [0, 0.1) is 0 Å². The zero-order valence-electron chi connectivity index (χ0n) is 18.7. The van der Waals surface area contributed by atoms with Crippen molar-refractivity contribution in [3.05, 3.63) is 83.4 Å². The molecule has 0 radical (unpaired) electrons. The van der Waals surface area contributed by atoms with Gasteiger partial charge in [-0.1, -0.05) is 12.1 Å². The number of ether oxygens (including phenoxy) is 3. The number of methoxy groups -OCH3 is 2. The summed E-state index contributed by atoms with van der Waals surface area (Å²) in [5, 5.41) is 5.47. The minimum Gasteiger partial charge on any atom is -0.494 e. The Bertz CT molecular complexity index is 1100. The lowest BCUT2D eigenvalue weighted by Gasteiger charge is -2.13. The summed E-state index contributed by atoms with van der Waals surface area (Å²) >= 11 is 0. The maximum Gasteiger partial charge on any atom is 0.268 e. The molecule has 1 heterocycles. The number of carbonyl (C=O) groups excluding carboxylic acids is 2. The van der Waals surface area contributed by atoms with E-state index in [4.69, 9.17) is 18.6 Å². The van der Waals surface area contributed by atoms with Crippen molar-refractivity contribution >= 4 is 17.9 Å². The Kier molecular flexibility index (Phi) is 8.13. The summed E-state index contributed by atoms with van der Waals surface area (Å²) in [6.45, 7) is 2.76. The van der Waals surface area contributed by atoms with Crippen LogP contribution in [0.4, 0.5) is 0 Å². The normalized spacial score (nSPS) is 10.9. The van der Waals surface area contributed by atoms with E-state index in [1.165, 1.54) is 32.6 Å². The first-order valence-corrected chi connectivity index (χ1v) is 10.3. The highest BCUT2D eigenvalue weighted by Crippen LogP contribution is 2.27. The number of amides is 2. The van der Waals surface area contributed by atoms with E-state index in [0.717, 1.165) is 11.3 Å². The van der Waals surface area contributed by atoms with Crippen molar-refractivity contribution in [1.82, 2.24) is 10.6 Å². The van der Waals surface area contributed by atoms with Crippen molar-refractivity contribution in [3.8, 4) is 17.2 Å². The second-order valence-corrected chi connectivity index (χ2v) is 6.86. The van der Waals surface area contributed by atoms with Gasteiger partial charge in [-0.2, -0.15) is 0 Å². The molecular weight excluding hydrogens is 424 g/mol. The molecule has 0 atom stereocenters. The van der Waals surface area contributed by atoms with E-state index >= 15 is 0 Å². The molecule has 172 valence electrons. The van der Waals surface area contributed by atoms with Crippen LogP contribution in [0.1, 0.15) is 28.6 Å². The van der Waals surface area contributed by atoms with Gasteiger partial charge >= 0.3 is 0 Å². The summed E-state index contributed by atoms with van der Waals surface area (Å²) in [5.41, 5.74) is 1.23. The number of nitrogens with one attached hydrogen (secondary N) is 2. The number of rotatable bonds is 10. The molecule has 2 amide bonds. The van der Waals surface area contributed by atoms with Crippen molar-refractivity contribution in [2.24, 2.45) is 0 Å². The lowest BCUT2D eigenvalue weighted by atomic mass is 10.1. The smallest absolute Gasteiger partial charge is 0.268 e. The van der Waals surface area contributed by atoms with E-state index in [1.54, 1.807) is 24.3 Å². The van der Waals surface area contributed by atoms with Crippen LogP contribution in [0.15, 0.2) is 71.0 Å². The van der Waals surface area contributed by atoms with E-state index in [2.05, 4.69) is 10.6 Å². The van der Waals surface area contributed by atoms with Gasteiger partial charge in [0.05, 0.1) is 27.1 Å². The molecule has 3 aromatic rings. The third-order valence-electron chi connectivity index (χ3n) is 4.66. The van der Waals surface area contributed by atoms with Gasteiger partial charge in [0.1, 0.15) is 17.2 Å². The van der Waals surface area contributed by atoms with Gasteiger partial charge in [-0.3, -0.25) is 9.59 Å². The minimum atomic E-state index is -0.482. The van der Waals surface area contributed by atoms with Crippen LogP contribution in [-0.4, -0.2) is 32.6 Å². The Morgan fingerprint density at radius 3 is 2.39 bits per heavy atom. The summed E-state index contributed by atoms with van der Waals surface area (Å²) < 4.78 is 21.2. The molecule has 2 N–H and O–H groups in total. The fourth-order valence-corrected chi connectivity index (χ4v) is 2.99. The average molecular weight is 450 g/mol. The van der Waals surface area contributed by atoms with E-state index in [-0.39, 0.29) is 12.2 Å². The highest BCUT2D eigenvalue weighted by atomic mass is 16.5. The van der Waals surface area contributed by atoms with Gasteiger partial charge in [0.25, 0.3) is 11.8 Å². The predicted molar refractivity (Wildman–Crippen MR) is 123 cm³/mol. The molecule has 0 aliphatic rings. The van der Waals surface area contributed by atoms with Gasteiger partial charge < -0.3 is 29.3 Å². The Balaban J connectivity index is 1.74. The molecule has 0 unspecified atom stereocenters. The molecule has 33 heavy (non-hydrogen) atoms. The van der Waals surface area contributed by atoms with Gasteiger partial charge in [-0.15, -0.1) is 0 Å². The highest BCUT2D eigenvalue weighted by Gasteiger charge is 2.17. The Morgan fingerprint density at radius 2 is 1.76 bits per heavy atom.